The van der Waals surface area contributed by atoms with E-state index in [1.54, 1.807) is 42.7 Å². The summed E-state index contributed by atoms with van der Waals surface area (Å²) in [6, 6.07) is 10.3. The van der Waals surface area contributed by atoms with Crippen LogP contribution in [0, 0.1) is 13.8 Å². The number of hydrogen-bond donors (Lipinski definition) is 1. The zero-order chi connectivity index (χ0) is 20.3. The van der Waals surface area contributed by atoms with Crippen molar-refractivity contribution in [1.82, 2.24) is 10.1 Å². The second-order valence-electron chi connectivity index (χ2n) is 6.16. The number of aryl methyl sites for hydroxylation is 1. The van der Waals surface area contributed by atoms with E-state index in [-0.39, 0.29) is 31.2 Å². The third kappa shape index (κ3) is 5.14. The zero-order valence-corrected chi connectivity index (χ0v) is 17.9. The Morgan fingerprint density at radius 3 is 2.66 bits per heavy atom. The molecule has 0 aliphatic heterocycles. The minimum atomic E-state index is -0.227. The number of amides is 1. The molecular formula is C20H18ClLiN4O2S. The molecule has 0 bridgehead atoms. The third-order valence-corrected chi connectivity index (χ3v) is 5.70. The number of carbonyl (C=O) groups is 1. The first-order valence-corrected chi connectivity index (χ1v) is 9.61. The van der Waals surface area contributed by atoms with Gasteiger partial charge < -0.3 is 9.80 Å². The molecule has 2 N–H and O–H groups in total. The number of rotatable bonds is 7. The molecule has 3 aromatic rings. The molecule has 0 atom stereocenters. The number of pyridine rings is 1. The molecule has 2 aromatic heterocycles. The van der Waals surface area contributed by atoms with Gasteiger partial charge in [-0.1, -0.05) is 29.8 Å². The zero-order valence-electron chi connectivity index (χ0n) is 16.3. The van der Waals surface area contributed by atoms with Gasteiger partial charge in [-0.15, -0.1) is 0 Å². The molecule has 29 heavy (non-hydrogen) atoms. The summed E-state index contributed by atoms with van der Waals surface area (Å²) in [4.78, 5) is 29.9. The van der Waals surface area contributed by atoms with Crippen molar-refractivity contribution in [3.8, 4) is 0 Å². The average molecular weight is 421 g/mol. The van der Waals surface area contributed by atoms with Crippen LogP contribution in [0.1, 0.15) is 31.9 Å². The van der Waals surface area contributed by atoms with Gasteiger partial charge >= 0.3 is 18.9 Å². The van der Waals surface area contributed by atoms with E-state index in [4.69, 9.17) is 17.4 Å². The van der Waals surface area contributed by atoms with E-state index >= 15 is 0 Å². The molecule has 1 aromatic carbocycles. The number of carbonyl (C=O) groups excluding carboxylic acids is 2. The molecule has 0 aliphatic carbocycles. The maximum atomic E-state index is 13.2. The molecule has 2 heterocycles. The fourth-order valence-corrected chi connectivity index (χ4v) is 4.07. The molecule has 0 spiro atoms. The minimum absolute atomic E-state index is 0. The Morgan fingerprint density at radius 2 is 2.03 bits per heavy atom. The molecular weight excluding hydrogens is 403 g/mol. The van der Waals surface area contributed by atoms with Crippen LogP contribution in [0.5, 0.6) is 0 Å². The standard InChI is InChI=1S/C20H18ClN4O2S.Li/c1-13-14(2)28-20(18(13)19(27)16-6-3-7-17(21)9-16)24(12-26)25(22)11-15-5-4-8-23-10-15;/h3-10H,11,22H2,1-2H3;/q-1;+1. The van der Waals surface area contributed by atoms with Crippen molar-refractivity contribution in [3.05, 3.63) is 80.9 Å². The SMILES string of the molecule is Cc1sc(N([C-]=O)N(N)Cc2cccnc2)c(C(=O)c2cccc(Cl)c2)c1C.[Li+]. The number of thiophene rings is 1. The fourth-order valence-electron chi connectivity index (χ4n) is 2.76. The first-order valence-electron chi connectivity index (χ1n) is 8.41. The number of anilines is 1. The molecule has 6 nitrogen and oxygen atoms in total. The summed E-state index contributed by atoms with van der Waals surface area (Å²) in [6.45, 7) is 3.96. The Kier molecular flexibility index (Phi) is 8.17. The van der Waals surface area contributed by atoms with Gasteiger partial charge in [-0.05, 0) is 58.6 Å². The van der Waals surface area contributed by atoms with Crippen molar-refractivity contribution in [2.45, 2.75) is 20.4 Å². The molecule has 0 unspecified atom stereocenters. The van der Waals surface area contributed by atoms with Crippen LogP contribution >= 0.6 is 22.9 Å². The first kappa shape index (κ1) is 23.3. The van der Waals surface area contributed by atoms with Crippen molar-refractivity contribution in [2.24, 2.45) is 5.84 Å². The van der Waals surface area contributed by atoms with Crippen LogP contribution in [-0.4, -0.2) is 22.3 Å². The summed E-state index contributed by atoms with van der Waals surface area (Å²) in [5, 5.41) is 3.23. The van der Waals surface area contributed by atoms with E-state index in [0.717, 1.165) is 21.0 Å². The van der Waals surface area contributed by atoms with Crippen molar-refractivity contribution in [3.63, 3.8) is 0 Å². The van der Waals surface area contributed by atoms with Gasteiger partial charge in [0, 0.05) is 23.0 Å². The van der Waals surface area contributed by atoms with E-state index in [1.165, 1.54) is 16.5 Å². The largest absolute Gasteiger partial charge is 1.00 e. The van der Waals surface area contributed by atoms with Crippen molar-refractivity contribution >= 4 is 40.1 Å². The fraction of sp³-hybridized carbons (Fsp3) is 0.150. The molecule has 9 heteroatoms. The number of ketones is 1. The number of halogens is 1. The smallest absolute Gasteiger partial charge is 0.397 e. The molecule has 0 radical (unpaired) electrons. The number of hydrazine groups is 2. The number of benzene rings is 1. The Morgan fingerprint density at radius 1 is 1.28 bits per heavy atom. The Labute approximate surface area is 190 Å². The topological polar surface area (TPSA) is 79.5 Å². The van der Waals surface area contributed by atoms with Gasteiger partial charge in [0.05, 0.1) is 13.0 Å². The van der Waals surface area contributed by atoms with Crippen LogP contribution in [0.2, 0.25) is 5.02 Å². The van der Waals surface area contributed by atoms with Crippen LogP contribution in [0.15, 0.2) is 48.8 Å². The van der Waals surface area contributed by atoms with Gasteiger partial charge in [-0.3, -0.25) is 15.6 Å². The van der Waals surface area contributed by atoms with Gasteiger partial charge in [-0.25, -0.2) is 11.3 Å². The quantitative estimate of drug-likeness (QED) is 0.153. The van der Waals surface area contributed by atoms with Gasteiger partial charge in [0.15, 0.2) is 5.78 Å². The monoisotopic (exact) mass is 420 g/mol. The van der Waals surface area contributed by atoms with Gasteiger partial charge in [-0.2, -0.15) is 5.12 Å². The summed E-state index contributed by atoms with van der Waals surface area (Å²) in [7, 11) is 0. The van der Waals surface area contributed by atoms with Gasteiger partial charge in [0.1, 0.15) is 0 Å². The summed E-state index contributed by atoms with van der Waals surface area (Å²) < 4.78 is 0. The van der Waals surface area contributed by atoms with Crippen LogP contribution in [0.4, 0.5) is 5.00 Å². The van der Waals surface area contributed by atoms with Crippen molar-refractivity contribution in [1.29, 1.82) is 0 Å². The normalized spacial score (nSPS) is 10.5. The van der Waals surface area contributed by atoms with E-state index in [0.29, 0.717) is 21.2 Å². The van der Waals surface area contributed by atoms with Crippen molar-refractivity contribution < 1.29 is 28.4 Å². The Balaban J connectivity index is 0.00000300. The number of hydrogen-bond acceptors (Lipinski definition) is 6. The van der Waals surface area contributed by atoms with Crippen LogP contribution in [0.3, 0.4) is 0 Å². The second kappa shape index (κ2) is 10.2. The van der Waals surface area contributed by atoms with E-state index in [1.807, 2.05) is 26.3 Å². The Hall–Kier alpha value is -1.98. The summed E-state index contributed by atoms with van der Waals surface area (Å²) in [5.41, 5.74) is 2.46. The van der Waals surface area contributed by atoms with E-state index in [2.05, 4.69) is 4.98 Å². The number of aromatic nitrogens is 1. The molecule has 0 fully saturated rings. The summed E-state index contributed by atoms with van der Waals surface area (Å²) >= 11 is 7.35. The maximum Gasteiger partial charge on any atom is 1.00 e. The number of nitrogens with zero attached hydrogens (tertiary/aromatic N) is 3. The summed E-state index contributed by atoms with van der Waals surface area (Å²) in [5.74, 6) is 5.90. The maximum absolute atomic E-state index is 13.2. The van der Waals surface area contributed by atoms with E-state index < -0.39 is 0 Å². The second-order valence-corrected chi connectivity index (χ2v) is 7.80. The third-order valence-electron chi connectivity index (χ3n) is 4.28. The molecule has 0 saturated heterocycles. The molecule has 1 amide bonds. The predicted molar refractivity (Wildman–Crippen MR) is 111 cm³/mol. The van der Waals surface area contributed by atoms with Gasteiger partial charge in [0.2, 0.25) is 0 Å². The molecule has 0 saturated carbocycles. The van der Waals surface area contributed by atoms with Crippen molar-refractivity contribution in [2.75, 3.05) is 5.01 Å². The molecule has 144 valence electrons. The van der Waals surface area contributed by atoms with Crippen LogP contribution in [0.25, 0.3) is 0 Å². The van der Waals surface area contributed by atoms with Crippen LogP contribution < -0.4 is 29.7 Å². The van der Waals surface area contributed by atoms with Crippen LogP contribution in [-0.2, 0) is 11.3 Å². The molecule has 0 aliphatic rings. The molecule has 3 rings (SSSR count). The van der Waals surface area contributed by atoms with Gasteiger partial charge in [0.25, 0.3) is 0 Å². The summed E-state index contributed by atoms with van der Waals surface area (Å²) in [6.07, 6.45) is 5.15. The average Bonchev–Trinajstić information content (AvgIpc) is 2.97. The Bertz CT molecular complexity index is 1010. The predicted octanol–water partition coefficient (Wildman–Crippen LogP) is 0.813. The van der Waals surface area contributed by atoms with E-state index in [9.17, 15) is 9.59 Å². The number of nitrogens with two attached hydrogens (primary N) is 1. The minimum Gasteiger partial charge on any atom is -0.397 e. The first-order chi connectivity index (χ1) is 13.4.